The van der Waals surface area contributed by atoms with E-state index in [1.165, 1.54) is 0 Å². The first-order valence-electron chi connectivity index (χ1n) is 8.55. The quantitative estimate of drug-likeness (QED) is 0.628. The molecule has 1 saturated heterocycles. The number of ether oxygens (including phenoxy) is 1. The zero-order valence-electron chi connectivity index (χ0n) is 15.0. The molecule has 0 spiro atoms. The SMILES string of the molecule is CC(C)(C)OC(=O)N1CCC(c2ccc3c(c2)c(I)nn3C(=O)O)CC1. The number of piperidine rings is 1. The van der Waals surface area contributed by atoms with Crippen molar-refractivity contribution in [1.82, 2.24) is 14.7 Å². The minimum absolute atomic E-state index is 0.260. The number of carboxylic acid groups (broad SMARTS) is 1. The molecular weight excluding hydrogens is 449 g/mol. The number of amides is 1. The van der Waals surface area contributed by atoms with Gasteiger partial charge < -0.3 is 14.7 Å². The number of hydrogen-bond donors (Lipinski definition) is 1. The van der Waals surface area contributed by atoms with E-state index in [9.17, 15) is 14.7 Å². The molecule has 0 radical (unpaired) electrons. The van der Waals surface area contributed by atoms with Crippen molar-refractivity contribution in [3.8, 4) is 0 Å². The predicted octanol–water partition coefficient (Wildman–Crippen LogP) is 4.28. The van der Waals surface area contributed by atoms with Crippen LogP contribution in [0.15, 0.2) is 18.2 Å². The molecule has 8 heteroatoms. The molecule has 1 aromatic heterocycles. The van der Waals surface area contributed by atoms with Crippen LogP contribution in [0.3, 0.4) is 0 Å². The number of aromatic nitrogens is 2. The molecule has 1 fully saturated rings. The summed E-state index contributed by atoms with van der Waals surface area (Å²) in [6, 6.07) is 5.80. The molecule has 140 valence electrons. The van der Waals surface area contributed by atoms with Gasteiger partial charge in [-0.1, -0.05) is 6.07 Å². The van der Waals surface area contributed by atoms with Crippen molar-refractivity contribution in [2.24, 2.45) is 0 Å². The van der Waals surface area contributed by atoms with Gasteiger partial charge in [-0.05, 0) is 79.8 Å². The van der Waals surface area contributed by atoms with Crippen molar-refractivity contribution < 1.29 is 19.4 Å². The van der Waals surface area contributed by atoms with Crippen molar-refractivity contribution in [3.63, 3.8) is 0 Å². The summed E-state index contributed by atoms with van der Waals surface area (Å²) in [5.41, 5.74) is 1.26. The molecule has 1 N–H and O–H groups in total. The zero-order chi connectivity index (χ0) is 19.1. The molecular formula is C18H22IN3O4. The fourth-order valence-corrected chi connectivity index (χ4v) is 3.87. The highest BCUT2D eigenvalue weighted by Gasteiger charge is 2.28. The van der Waals surface area contributed by atoms with E-state index in [0.717, 1.165) is 28.5 Å². The molecule has 0 unspecified atom stereocenters. The molecule has 0 atom stereocenters. The van der Waals surface area contributed by atoms with Crippen LogP contribution in [0.25, 0.3) is 10.9 Å². The van der Waals surface area contributed by atoms with Crippen molar-refractivity contribution in [2.75, 3.05) is 13.1 Å². The lowest BCUT2D eigenvalue weighted by molar-refractivity contribution is 0.0205. The monoisotopic (exact) mass is 471 g/mol. The summed E-state index contributed by atoms with van der Waals surface area (Å²) < 4.78 is 7.12. The maximum Gasteiger partial charge on any atom is 0.432 e. The molecule has 26 heavy (non-hydrogen) atoms. The predicted molar refractivity (Wildman–Crippen MR) is 106 cm³/mol. The lowest BCUT2D eigenvalue weighted by Crippen LogP contribution is -2.41. The van der Waals surface area contributed by atoms with Gasteiger partial charge in [0, 0.05) is 18.5 Å². The summed E-state index contributed by atoms with van der Waals surface area (Å²) in [7, 11) is 0. The van der Waals surface area contributed by atoms with E-state index >= 15 is 0 Å². The standard InChI is InChI=1S/C18H22IN3O4/c1-18(2,3)26-17(25)21-8-6-11(7-9-21)12-4-5-14-13(10-12)15(19)20-22(14)16(23)24/h4-5,10-11H,6-9H2,1-3H3,(H,23,24). The molecule has 2 aromatic rings. The summed E-state index contributed by atoms with van der Waals surface area (Å²) in [6.07, 6.45) is 0.364. The molecule has 1 aromatic carbocycles. The van der Waals surface area contributed by atoms with E-state index in [2.05, 4.69) is 27.7 Å². The fraction of sp³-hybridized carbons (Fsp3) is 0.500. The first-order chi connectivity index (χ1) is 12.2. The summed E-state index contributed by atoms with van der Waals surface area (Å²) >= 11 is 2.06. The number of halogens is 1. The van der Waals surface area contributed by atoms with Gasteiger partial charge in [-0.15, -0.1) is 0 Å². The highest BCUT2D eigenvalue weighted by molar-refractivity contribution is 14.1. The van der Waals surface area contributed by atoms with Crippen molar-refractivity contribution in [1.29, 1.82) is 0 Å². The Balaban J connectivity index is 1.73. The Morgan fingerprint density at radius 3 is 2.50 bits per heavy atom. The second-order valence-electron chi connectivity index (χ2n) is 7.50. The third kappa shape index (κ3) is 3.94. The maximum absolute atomic E-state index is 12.2. The summed E-state index contributed by atoms with van der Waals surface area (Å²) in [6.45, 7) is 6.91. The minimum atomic E-state index is -1.09. The van der Waals surface area contributed by atoms with Crippen molar-refractivity contribution >= 4 is 45.7 Å². The second-order valence-corrected chi connectivity index (χ2v) is 8.53. The topological polar surface area (TPSA) is 84.7 Å². The van der Waals surface area contributed by atoms with E-state index in [0.29, 0.717) is 28.2 Å². The average molecular weight is 471 g/mol. The van der Waals surface area contributed by atoms with Crippen LogP contribution in [-0.2, 0) is 4.74 Å². The van der Waals surface area contributed by atoms with Crippen LogP contribution in [0, 0.1) is 3.70 Å². The van der Waals surface area contributed by atoms with Crippen LogP contribution in [0.5, 0.6) is 0 Å². The summed E-state index contributed by atoms with van der Waals surface area (Å²) in [4.78, 5) is 25.2. The van der Waals surface area contributed by atoms with Crippen molar-refractivity contribution in [2.45, 2.75) is 45.1 Å². The van der Waals surface area contributed by atoms with Gasteiger partial charge >= 0.3 is 12.2 Å². The van der Waals surface area contributed by atoms with Gasteiger partial charge in [-0.3, -0.25) is 0 Å². The lowest BCUT2D eigenvalue weighted by atomic mass is 9.89. The van der Waals surface area contributed by atoms with Gasteiger partial charge in [0.25, 0.3) is 0 Å². The molecule has 1 amide bonds. The Bertz CT molecular complexity index is 848. The molecule has 1 aliphatic heterocycles. The second kappa shape index (κ2) is 7.05. The number of rotatable bonds is 1. The van der Waals surface area contributed by atoms with E-state index < -0.39 is 11.7 Å². The van der Waals surface area contributed by atoms with Crippen LogP contribution in [0.4, 0.5) is 9.59 Å². The Morgan fingerprint density at radius 1 is 1.27 bits per heavy atom. The first-order valence-corrected chi connectivity index (χ1v) is 9.63. The van der Waals surface area contributed by atoms with Crippen LogP contribution in [0.1, 0.15) is 45.1 Å². The van der Waals surface area contributed by atoms with Gasteiger partial charge in [-0.2, -0.15) is 9.78 Å². The highest BCUT2D eigenvalue weighted by atomic mass is 127. The molecule has 0 aliphatic carbocycles. The Hall–Kier alpha value is -1.84. The fourth-order valence-electron chi connectivity index (χ4n) is 3.22. The number of benzene rings is 1. The van der Waals surface area contributed by atoms with Crippen LogP contribution < -0.4 is 0 Å². The molecule has 2 heterocycles. The Labute approximate surface area is 165 Å². The van der Waals surface area contributed by atoms with Gasteiger partial charge in [0.05, 0.1) is 5.52 Å². The number of carbonyl (C=O) groups excluding carboxylic acids is 1. The maximum atomic E-state index is 12.2. The Morgan fingerprint density at radius 2 is 1.92 bits per heavy atom. The van der Waals surface area contributed by atoms with Gasteiger partial charge in [-0.25, -0.2) is 9.59 Å². The highest BCUT2D eigenvalue weighted by Crippen LogP contribution is 2.32. The van der Waals surface area contributed by atoms with E-state index in [4.69, 9.17) is 4.74 Å². The van der Waals surface area contributed by atoms with Crippen LogP contribution in [0.2, 0.25) is 0 Å². The largest absolute Gasteiger partial charge is 0.463 e. The van der Waals surface area contributed by atoms with Gasteiger partial charge in [0.1, 0.15) is 9.30 Å². The van der Waals surface area contributed by atoms with Crippen LogP contribution >= 0.6 is 22.6 Å². The molecule has 0 saturated carbocycles. The van der Waals surface area contributed by atoms with Gasteiger partial charge in [0.15, 0.2) is 0 Å². The molecule has 3 rings (SSSR count). The lowest BCUT2D eigenvalue weighted by Gasteiger charge is -2.33. The average Bonchev–Trinajstić information content (AvgIpc) is 2.90. The van der Waals surface area contributed by atoms with E-state index in [1.807, 2.05) is 39.0 Å². The van der Waals surface area contributed by atoms with Crippen LogP contribution in [-0.4, -0.2) is 50.7 Å². The third-order valence-electron chi connectivity index (χ3n) is 4.46. The molecule has 1 aliphatic rings. The van der Waals surface area contributed by atoms with Gasteiger partial charge in [0.2, 0.25) is 0 Å². The normalized spacial score (nSPS) is 16.1. The molecule has 7 nitrogen and oxygen atoms in total. The zero-order valence-corrected chi connectivity index (χ0v) is 17.2. The summed E-state index contributed by atoms with van der Waals surface area (Å²) in [5, 5.41) is 14.2. The number of hydrogen-bond acceptors (Lipinski definition) is 4. The minimum Gasteiger partial charge on any atom is -0.463 e. The number of nitrogens with zero attached hydrogens (tertiary/aromatic N) is 3. The van der Waals surface area contributed by atoms with E-state index in [1.54, 1.807) is 4.90 Å². The number of fused-ring (bicyclic) bond motifs is 1. The third-order valence-corrected chi connectivity index (χ3v) is 5.25. The number of carbonyl (C=O) groups is 2. The molecule has 0 bridgehead atoms. The summed E-state index contributed by atoms with van der Waals surface area (Å²) in [5.74, 6) is 0.335. The smallest absolute Gasteiger partial charge is 0.432 e. The van der Waals surface area contributed by atoms with Crippen molar-refractivity contribution in [3.05, 3.63) is 27.5 Å². The number of likely N-dealkylation sites (tertiary alicyclic amines) is 1. The Kier molecular flexibility index (Phi) is 5.14. The first kappa shape index (κ1) is 18.9. The van der Waals surface area contributed by atoms with E-state index in [-0.39, 0.29) is 6.09 Å².